The van der Waals surface area contributed by atoms with Crippen molar-refractivity contribution in [1.29, 1.82) is 0 Å². The number of aryl methyl sites for hydroxylation is 2. The Morgan fingerprint density at radius 1 is 1.18 bits per heavy atom. The van der Waals surface area contributed by atoms with E-state index in [1.807, 2.05) is 0 Å². The molecule has 1 heterocycles. The summed E-state index contributed by atoms with van der Waals surface area (Å²) in [5.74, 6) is -0.953. The van der Waals surface area contributed by atoms with Crippen LogP contribution in [-0.2, 0) is 17.6 Å². The Labute approximate surface area is 166 Å². The molecule has 28 heavy (non-hydrogen) atoms. The van der Waals surface area contributed by atoms with E-state index in [2.05, 4.69) is 5.32 Å². The Hall–Kier alpha value is -2.74. The zero-order valence-electron chi connectivity index (χ0n) is 15.9. The molecule has 0 spiro atoms. The number of esters is 1. The summed E-state index contributed by atoms with van der Waals surface area (Å²) >= 11 is 1.40. The Balaban J connectivity index is 1.96. The highest BCUT2D eigenvalue weighted by molar-refractivity contribution is 7.17. The summed E-state index contributed by atoms with van der Waals surface area (Å²) in [4.78, 5) is 36.9. The smallest absolute Gasteiger partial charge is 0.341 e. The van der Waals surface area contributed by atoms with E-state index in [1.165, 1.54) is 24.5 Å². The molecule has 1 N–H and O–H groups in total. The molecular weight excluding hydrogens is 380 g/mol. The molecule has 0 unspecified atom stereocenters. The first-order valence-corrected chi connectivity index (χ1v) is 10.0. The van der Waals surface area contributed by atoms with E-state index in [0.29, 0.717) is 16.1 Å². The molecule has 2 aromatic rings. The van der Waals surface area contributed by atoms with Crippen LogP contribution < -0.4 is 5.32 Å². The lowest BCUT2D eigenvalue weighted by atomic mass is 9.96. The lowest BCUT2D eigenvalue weighted by molar-refractivity contribution is -0.385. The number of rotatable bonds is 4. The predicted molar refractivity (Wildman–Crippen MR) is 107 cm³/mol. The molecule has 0 bridgehead atoms. The van der Waals surface area contributed by atoms with Crippen LogP contribution >= 0.6 is 11.3 Å². The van der Waals surface area contributed by atoms with E-state index in [4.69, 9.17) is 4.74 Å². The first-order chi connectivity index (χ1) is 13.4. The van der Waals surface area contributed by atoms with Crippen LogP contribution in [0.25, 0.3) is 0 Å². The fourth-order valence-corrected chi connectivity index (χ4v) is 4.72. The van der Waals surface area contributed by atoms with Crippen LogP contribution in [0.2, 0.25) is 0 Å². The fourth-order valence-electron chi connectivity index (χ4n) is 3.45. The molecule has 1 amide bonds. The first kappa shape index (κ1) is 20.0. The van der Waals surface area contributed by atoms with Gasteiger partial charge in [-0.2, -0.15) is 0 Å². The zero-order valence-corrected chi connectivity index (χ0v) is 16.7. The van der Waals surface area contributed by atoms with Crippen LogP contribution in [0, 0.1) is 17.0 Å². The number of hydrogen-bond donors (Lipinski definition) is 1. The standard InChI is InChI=1S/C20H22N2O5S/c1-12-9-10-13(11-15(12)22(25)26)18(23)21-19-17(20(24)27-2)14-7-5-3-4-6-8-16(14)28-19/h9-11H,3-8H2,1-2H3,(H,21,23). The number of fused-ring (bicyclic) bond motifs is 1. The molecule has 0 atom stereocenters. The van der Waals surface area contributed by atoms with Crippen molar-refractivity contribution in [1.82, 2.24) is 0 Å². The van der Waals surface area contributed by atoms with Crippen molar-refractivity contribution in [3.05, 3.63) is 55.4 Å². The van der Waals surface area contributed by atoms with Crippen LogP contribution in [0.4, 0.5) is 10.7 Å². The minimum atomic E-state index is -0.511. The van der Waals surface area contributed by atoms with Gasteiger partial charge in [0.05, 0.1) is 17.6 Å². The Morgan fingerprint density at radius 3 is 2.57 bits per heavy atom. The molecule has 1 aliphatic rings. The SMILES string of the molecule is COC(=O)c1c(NC(=O)c2ccc(C)c([N+](=O)[O-])c2)sc2c1CCCCCC2. The lowest BCUT2D eigenvalue weighted by Crippen LogP contribution is -2.15. The number of nitro groups is 1. The fraction of sp³-hybridized carbons (Fsp3) is 0.400. The van der Waals surface area contributed by atoms with Gasteiger partial charge in [-0.25, -0.2) is 4.79 Å². The Kier molecular flexibility index (Phi) is 6.08. The number of nitro benzene ring substituents is 1. The number of benzene rings is 1. The molecule has 1 aromatic heterocycles. The van der Waals surface area contributed by atoms with E-state index < -0.39 is 16.8 Å². The number of nitrogens with zero attached hydrogens (tertiary/aromatic N) is 1. The molecule has 7 nitrogen and oxygen atoms in total. The van der Waals surface area contributed by atoms with Gasteiger partial charge in [-0.05, 0) is 44.2 Å². The first-order valence-electron chi connectivity index (χ1n) is 9.21. The summed E-state index contributed by atoms with van der Waals surface area (Å²) in [6.07, 6.45) is 5.96. The number of anilines is 1. The van der Waals surface area contributed by atoms with Gasteiger partial charge in [0, 0.05) is 22.1 Å². The Bertz CT molecular complexity index is 935. The van der Waals surface area contributed by atoms with Gasteiger partial charge in [-0.1, -0.05) is 18.9 Å². The molecule has 3 rings (SSSR count). The van der Waals surface area contributed by atoms with Crippen molar-refractivity contribution in [3.8, 4) is 0 Å². The third-order valence-corrected chi connectivity index (χ3v) is 6.16. The van der Waals surface area contributed by atoms with Gasteiger partial charge in [0.25, 0.3) is 11.6 Å². The third-order valence-electron chi connectivity index (χ3n) is 4.96. The zero-order chi connectivity index (χ0) is 20.3. The number of ether oxygens (including phenoxy) is 1. The van der Waals surface area contributed by atoms with Gasteiger partial charge < -0.3 is 10.1 Å². The monoisotopic (exact) mass is 402 g/mol. The van der Waals surface area contributed by atoms with E-state index in [9.17, 15) is 19.7 Å². The van der Waals surface area contributed by atoms with Crippen LogP contribution in [0.1, 0.15) is 62.4 Å². The number of thiophene rings is 1. The average Bonchev–Trinajstić information content (AvgIpc) is 2.97. The molecule has 0 fully saturated rings. The van der Waals surface area contributed by atoms with E-state index in [0.717, 1.165) is 49.0 Å². The maximum atomic E-state index is 12.7. The maximum absolute atomic E-state index is 12.7. The largest absolute Gasteiger partial charge is 0.465 e. The van der Waals surface area contributed by atoms with Gasteiger partial charge in [-0.15, -0.1) is 11.3 Å². The Morgan fingerprint density at radius 2 is 1.89 bits per heavy atom. The number of hydrogen-bond acceptors (Lipinski definition) is 6. The van der Waals surface area contributed by atoms with Gasteiger partial charge in [0.2, 0.25) is 0 Å². The van der Waals surface area contributed by atoms with E-state index >= 15 is 0 Å². The van der Waals surface area contributed by atoms with E-state index in [-0.39, 0.29) is 11.3 Å². The molecule has 0 aliphatic heterocycles. The molecule has 0 radical (unpaired) electrons. The second-order valence-electron chi connectivity index (χ2n) is 6.83. The summed E-state index contributed by atoms with van der Waals surface area (Å²) in [6, 6.07) is 4.34. The number of amides is 1. The third kappa shape index (κ3) is 4.06. The van der Waals surface area contributed by atoms with Crippen LogP contribution in [-0.4, -0.2) is 23.9 Å². The highest BCUT2D eigenvalue weighted by atomic mass is 32.1. The molecule has 8 heteroatoms. The number of methoxy groups -OCH3 is 1. The van der Waals surface area contributed by atoms with Gasteiger partial charge >= 0.3 is 5.97 Å². The number of carbonyl (C=O) groups is 2. The lowest BCUT2D eigenvalue weighted by Gasteiger charge is -2.11. The van der Waals surface area contributed by atoms with Crippen LogP contribution in [0.3, 0.4) is 0 Å². The normalized spacial score (nSPS) is 13.8. The predicted octanol–water partition coefficient (Wildman–Crippen LogP) is 4.66. The number of nitrogens with one attached hydrogen (secondary N) is 1. The van der Waals surface area contributed by atoms with Crippen molar-refractivity contribution in [2.75, 3.05) is 12.4 Å². The molecule has 148 valence electrons. The van der Waals surface area contributed by atoms with Crippen molar-refractivity contribution in [2.24, 2.45) is 0 Å². The van der Waals surface area contributed by atoms with Crippen molar-refractivity contribution < 1.29 is 19.2 Å². The topological polar surface area (TPSA) is 98.5 Å². The minimum Gasteiger partial charge on any atom is -0.465 e. The van der Waals surface area contributed by atoms with Crippen molar-refractivity contribution in [2.45, 2.75) is 45.4 Å². The van der Waals surface area contributed by atoms with Gasteiger partial charge in [0.1, 0.15) is 5.00 Å². The van der Waals surface area contributed by atoms with Gasteiger partial charge in [-0.3, -0.25) is 14.9 Å². The van der Waals surface area contributed by atoms with Gasteiger partial charge in [0.15, 0.2) is 0 Å². The van der Waals surface area contributed by atoms with Crippen molar-refractivity contribution >= 4 is 33.9 Å². The van der Waals surface area contributed by atoms with Crippen LogP contribution in [0.5, 0.6) is 0 Å². The summed E-state index contributed by atoms with van der Waals surface area (Å²) in [5.41, 5.74) is 1.92. The van der Waals surface area contributed by atoms with E-state index in [1.54, 1.807) is 19.1 Å². The summed E-state index contributed by atoms with van der Waals surface area (Å²) in [6.45, 7) is 1.62. The second-order valence-corrected chi connectivity index (χ2v) is 7.93. The summed E-state index contributed by atoms with van der Waals surface area (Å²) in [7, 11) is 1.32. The minimum absolute atomic E-state index is 0.112. The van der Waals surface area contributed by atoms with Crippen LogP contribution in [0.15, 0.2) is 18.2 Å². The maximum Gasteiger partial charge on any atom is 0.341 e. The molecular formula is C20H22N2O5S. The quantitative estimate of drug-likeness (QED) is 0.455. The highest BCUT2D eigenvalue weighted by Gasteiger charge is 2.26. The summed E-state index contributed by atoms with van der Waals surface area (Å²) in [5, 5.41) is 14.4. The van der Waals surface area contributed by atoms with Crippen molar-refractivity contribution in [3.63, 3.8) is 0 Å². The molecule has 0 saturated carbocycles. The summed E-state index contributed by atoms with van der Waals surface area (Å²) < 4.78 is 4.95. The second kappa shape index (κ2) is 8.52. The molecule has 0 saturated heterocycles. The average molecular weight is 402 g/mol. The number of carbonyl (C=O) groups excluding carboxylic acids is 2. The molecule has 1 aromatic carbocycles. The molecule has 1 aliphatic carbocycles. The highest BCUT2D eigenvalue weighted by Crippen LogP contribution is 2.38.